The molecule has 0 saturated carbocycles. The third-order valence-corrected chi connectivity index (χ3v) is 3.50. The molecule has 0 saturated heterocycles. The van der Waals surface area contributed by atoms with Gasteiger partial charge in [0.05, 0.1) is 6.04 Å². The number of benzene rings is 1. The van der Waals surface area contributed by atoms with E-state index in [4.69, 9.17) is 28.9 Å². The number of hydrogen-bond acceptors (Lipinski definition) is 2. The minimum Gasteiger partial charge on any atom is -0.337 e. The molecule has 1 amide bonds. The summed E-state index contributed by atoms with van der Waals surface area (Å²) in [6.07, 6.45) is 0.754. The molecule has 1 aromatic rings. The molecule has 0 aromatic heterocycles. The lowest BCUT2D eigenvalue weighted by Crippen LogP contribution is -2.44. The lowest BCUT2D eigenvalue weighted by Gasteiger charge is -2.30. The smallest absolute Gasteiger partial charge is 0.239 e. The maximum atomic E-state index is 11.8. The van der Waals surface area contributed by atoms with E-state index in [-0.39, 0.29) is 18.3 Å². The standard InChI is InChI=1S/C12H14Cl2N2O.ClH/c1-7(15)12(17)16-3-2-10-8(6-16)4-9(13)5-11(10)14;/h4-5,7H,2-3,6,15H2,1H3;1H. The number of halogens is 3. The van der Waals surface area contributed by atoms with E-state index < -0.39 is 6.04 Å². The Morgan fingerprint density at radius 2 is 2.11 bits per heavy atom. The van der Waals surface area contributed by atoms with Gasteiger partial charge in [0, 0.05) is 23.1 Å². The first-order valence-corrected chi connectivity index (χ1v) is 6.26. The third-order valence-electron chi connectivity index (χ3n) is 2.95. The number of rotatable bonds is 1. The molecule has 0 spiro atoms. The molecule has 0 fully saturated rings. The van der Waals surface area contributed by atoms with Gasteiger partial charge >= 0.3 is 0 Å². The maximum absolute atomic E-state index is 11.8. The summed E-state index contributed by atoms with van der Waals surface area (Å²) in [5, 5.41) is 1.28. The van der Waals surface area contributed by atoms with E-state index in [0.717, 1.165) is 17.5 Å². The second-order valence-electron chi connectivity index (χ2n) is 4.32. The Labute approximate surface area is 123 Å². The molecule has 3 nitrogen and oxygen atoms in total. The fourth-order valence-electron chi connectivity index (χ4n) is 2.09. The van der Waals surface area contributed by atoms with Gasteiger partial charge < -0.3 is 10.6 Å². The molecule has 1 unspecified atom stereocenters. The van der Waals surface area contributed by atoms with Crippen LogP contribution in [-0.4, -0.2) is 23.4 Å². The zero-order chi connectivity index (χ0) is 12.6. The molecule has 6 heteroatoms. The van der Waals surface area contributed by atoms with E-state index in [1.807, 2.05) is 6.07 Å². The van der Waals surface area contributed by atoms with Crippen LogP contribution in [0.2, 0.25) is 10.0 Å². The van der Waals surface area contributed by atoms with Crippen LogP contribution in [0.15, 0.2) is 12.1 Å². The molecule has 1 aliphatic rings. The normalized spacial score (nSPS) is 15.7. The second-order valence-corrected chi connectivity index (χ2v) is 5.17. The summed E-state index contributed by atoms with van der Waals surface area (Å²) in [5.41, 5.74) is 7.71. The van der Waals surface area contributed by atoms with Crippen molar-refractivity contribution in [3.63, 3.8) is 0 Å². The predicted octanol–water partition coefficient (Wildman–Crippen LogP) is 2.65. The van der Waals surface area contributed by atoms with Gasteiger partial charge in [0.15, 0.2) is 0 Å². The Balaban J connectivity index is 0.00000162. The van der Waals surface area contributed by atoms with Crippen molar-refractivity contribution in [2.75, 3.05) is 6.54 Å². The zero-order valence-corrected chi connectivity index (χ0v) is 12.3. The predicted molar refractivity (Wildman–Crippen MR) is 76.5 cm³/mol. The Kier molecular flexibility index (Phi) is 5.29. The van der Waals surface area contributed by atoms with E-state index in [0.29, 0.717) is 23.1 Å². The van der Waals surface area contributed by atoms with Crippen LogP contribution in [0.25, 0.3) is 0 Å². The molecule has 1 atom stereocenters. The highest BCUT2D eigenvalue weighted by molar-refractivity contribution is 6.35. The summed E-state index contributed by atoms with van der Waals surface area (Å²) >= 11 is 12.1. The zero-order valence-electron chi connectivity index (χ0n) is 9.95. The molecule has 1 heterocycles. The van der Waals surface area contributed by atoms with Crippen molar-refractivity contribution < 1.29 is 4.79 Å². The number of hydrogen-bond donors (Lipinski definition) is 1. The summed E-state index contributed by atoms with van der Waals surface area (Å²) in [6.45, 7) is 2.90. The van der Waals surface area contributed by atoms with E-state index >= 15 is 0 Å². The molecule has 0 aliphatic carbocycles. The van der Waals surface area contributed by atoms with Crippen molar-refractivity contribution in [1.82, 2.24) is 4.90 Å². The second kappa shape index (κ2) is 6.11. The van der Waals surface area contributed by atoms with E-state index in [2.05, 4.69) is 0 Å². The van der Waals surface area contributed by atoms with Gasteiger partial charge in [-0.15, -0.1) is 12.4 Å². The lowest BCUT2D eigenvalue weighted by atomic mass is 9.99. The molecule has 18 heavy (non-hydrogen) atoms. The number of carbonyl (C=O) groups excluding carboxylic acids is 1. The SMILES string of the molecule is CC(N)C(=O)N1CCc2c(Cl)cc(Cl)cc2C1.Cl. The van der Waals surface area contributed by atoms with Gasteiger partial charge in [-0.1, -0.05) is 23.2 Å². The lowest BCUT2D eigenvalue weighted by molar-refractivity contribution is -0.133. The van der Waals surface area contributed by atoms with Crippen LogP contribution >= 0.6 is 35.6 Å². The Hall–Kier alpha value is -0.480. The number of fused-ring (bicyclic) bond motifs is 1. The highest BCUT2D eigenvalue weighted by atomic mass is 35.5. The van der Waals surface area contributed by atoms with Gasteiger partial charge in [0.1, 0.15) is 0 Å². The van der Waals surface area contributed by atoms with Gasteiger partial charge in [0.25, 0.3) is 0 Å². The van der Waals surface area contributed by atoms with Gasteiger partial charge in [-0.25, -0.2) is 0 Å². The van der Waals surface area contributed by atoms with Crippen LogP contribution in [-0.2, 0) is 17.8 Å². The average Bonchev–Trinajstić information content (AvgIpc) is 2.26. The maximum Gasteiger partial charge on any atom is 0.239 e. The summed E-state index contributed by atoms with van der Waals surface area (Å²) in [4.78, 5) is 13.6. The van der Waals surface area contributed by atoms with Crippen molar-refractivity contribution in [2.45, 2.75) is 25.9 Å². The van der Waals surface area contributed by atoms with Crippen LogP contribution in [0.1, 0.15) is 18.1 Å². The van der Waals surface area contributed by atoms with Crippen molar-refractivity contribution in [3.05, 3.63) is 33.3 Å². The molecule has 100 valence electrons. The summed E-state index contributed by atoms with van der Waals surface area (Å²) in [7, 11) is 0. The van der Waals surface area contributed by atoms with Crippen LogP contribution in [0.5, 0.6) is 0 Å². The first-order valence-electron chi connectivity index (χ1n) is 5.50. The van der Waals surface area contributed by atoms with Gasteiger partial charge in [-0.2, -0.15) is 0 Å². The monoisotopic (exact) mass is 308 g/mol. The van der Waals surface area contributed by atoms with Crippen molar-refractivity contribution in [2.24, 2.45) is 5.73 Å². The highest BCUT2D eigenvalue weighted by Crippen LogP contribution is 2.29. The molecule has 2 rings (SSSR count). The summed E-state index contributed by atoms with van der Waals surface area (Å²) in [5.74, 6) is -0.0354. The summed E-state index contributed by atoms with van der Waals surface area (Å²) < 4.78 is 0. The molecule has 0 bridgehead atoms. The number of carbonyl (C=O) groups is 1. The molecular weight excluding hydrogens is 295 g/mol. The molecule has 2 N–H and O–H groups in total. The van der Waals surface area contributed by atoms with E-state index in [9.17, 15) is 4.79 Å². The highest BCUT2D eigenvalue weighted by Gasteiger charge is 2.24. The first-order chi connectivity index (χ1) is 7.99. The fourth-order valence-corrected chi connectivity index (χ4v) is 2.72. The van der Waals surface area contributed by atoms with E-state index in [1.165, 1.54) is 0 Å². The number of amides is 1. The molecular formula is C12H15Cl3N2O. The first kappa shape index (κ1) is 15.6. The number of nitrogens with two attached hydrogens (primary N) is 1. The average molecular weight is 310 g/mol. The van der Waals surface area contributed by atoms with Crippen LogP contribution < -0.4 is 5.73 Å². The Morgan fingerprint density at radius 1 is 1.44 bits per heavy atom. The molecule has 1 aliphatic heterocycles. The van der Waals surface area contributed by atoms with Crippen LogP contribution in [0.4, 0.5) is 0 Å². The van der Waals surface area contributed by atoms with Gasteiger partial charge in [0.2, 0.25) is 5.91 Å². The molecule has 0 radical (unpaired) electrons. The quantitative estimate of drug-likeness (QED) is 0.867. The Morgan fingerprint density at radius 3 is 2.72 bits per heavy atom. The Bertz CT molecular complexity index is 463. The van der Waals surface area contributed by atoms with E-state index in [1.54, 1.807) is 17.9 Å². The van der Waals surface area contributed by atoms with Gasteiger partial charge in [-0.3, -0.25) is 4.79 Å². The van der Waals surface area contributed by atoms with Crippen molar-refractivity contribution in [1.29, 1.82) is 0 Å². The topological polar surface area (TPSA) is 46.3 Å². The fraction of sp³-hybridized carbons (Fsp3) is 0.417. The van der Waals surface area contributed by atoms with Gasteiger partial charge in [-0.05, 0) is 36.6 Å². The van der Waals surface area contributed by atoms with Crippen LogP contribution in [0, 0.1) is 0 Å². The van der Waals surface area contributed by atoms with Crippen molar-refractivity contribution >= 4 is 41.5 Å². The van der Waals surface area contributed by atoms with Crippen LogP contribution in [0.3, 0.4) is 0 Å². The molecule has 1 aromatic carbocycles. The number of nitrogens with zero attached hydrogens (tertiary/aromatic N) is 1. The summed E-state index contributed by atoms with van der Waals surface area (Å²) in [6, 6.07) is 3.14. The third kappa shape index (κ3) is 3.09. The minimum atomic E-state index is -0.466. The van der Waals surface area contributed by atoms with Crippen molar-refractivity contribution in [3.8, 4) is 0 Å². The minimum absolute atomic E-state index is 0. The largest absolute Gasteiger partial charge is 0.337 e.